The standard InChI is InChI=1S/C16H19N5/c1-2-6-17-10-13-11-21(12-15-18-8-4-9-19-15)16-14(13)5-3-7-20-16/h3-5,7-9,11,17H,2,6,10,12H2,1H3. The number of nitrogens with one attached hydrogen (secondary N) is 1. The lowest BCUT2D eigenvalue weighted by atomic mass is 10.2. The summed E-state index contributed by atoms with van der Waals surface area (Å²) >= 11 is 0. The Kier molecular flexibility index (Phi) is 4.21. The Bertz CT molecular complexity index is 705. The zero-order valence-corrected chi connectivity index (χ0v) is 12.2. The zero-order valence-electron chi connectivity index (χ0n) is 12.2. The smallest absolute Gasteiger partial charge is 0.147 e. The molecule has 0 aliphatic carbocycles. The third-order valence-electron chi connectivity index (χ3n) is 3.39. The van der Waals surface area contributed by atoms with Crippen LogP contribution in [0.1, 0.15) is 24.7 Å². The molecule has 3 aromatic heterocycles. The van der Waals surface area contributed by atoms with Crippen molar-refractivity contribution in [2.24, 2.45) is 0 Å². The number of rotatable bonds is 6. The van der Waals surface area contributed by atoms with Crippen LogP contribution < -0.4 is 5.32 Å². The minimum Gasteiger partial charge on any atom is -0.325 e. The maximum atomic E-state index is 4.51. The van der Waals surface area contributed by atoms with Crippen molar-refractivity contribution < 1.29 is 0 Å². The summed E-state index contributed by atoms with van der Waals surface area (Å²) in [6.45, 7) is 4.69. The van der Waals surface area contributed by atoms with Gasteiger partial charge >= 0.3 is 0 Å². The molecule has 3 heterocycles. The van der Waals surface area contributed by atoms with E-state index >= 15 is 0 Å². The Labute approximate surface area is 124 Å². The third kappa shape index (κ3) is 3.08. The number of pyridine rings is 1. The van der Waals surface area contributed by atoms with Crippen molar-refractivity contribution in [1.82, 2.24) is 24.8 Å². The maximum absolute atomic E-state index is 4.51. The van der Waals surface area contributed by atoms with E-state index in [1.807, 2.05) is 18.3 Å². The highest BCUT2D eigenvalue weighted by atomic mass is 15.1. The van der Waals surface area contributed by atoms with Crippen molar-refractivity contribution in [3.05, 3.63) is 54.4 Å². The van der Waals surface area contributed by atoms with E-state index < -0.39 is 0 Å². The van der Waals surface area contributed by atoms with Gasteiger partial charge in [-0.2, -0.15) is 0 Å². The van der Waals surface area contributed by atoms with Crippen LogP contribution in [0.5, 0.6) is 0 Å². The summed E-state index contributed by atoms with van der Waals surface area (Å²) in [4.78, 5) is 13.1. The molecule has 0 aliphatic heterocycles. The van der Waals surface area contributed by atoms with Crippen LogP contribution in [0.3, 0.4) is 0 Å². The van der Waals surface area contributed by atoms with E-state index in [4.69, 9.17) is 0 Å². The fraction of sp³-hybridized carbons (Fsp3) is 0.312. The molecule has 0 amide bonds. The van der Waals surface area contributed by atoms with Crippen molar-refractivity contribution in [3.8, 4) is 0 Å². The summed E-state index contributed by atoms with van der Waals surface area (Å²) in [6, 6.07) is 5.93. The van der Waals surface area contributed by atoms with Crippen molar-refractivity contribution in [1.29, 1.82) is 0 Å². The average Bonchev–Trinajstić information content (AvgIpc) is 2.87. The molecular weight excluding hydrogens is 262 g/mol. The number of hydrogen-bond acceptors (Lipinski definition) is 4. The second-order valence-electron chi connectivity index (χ2n) is 5.00. The second kappa shape index (κ2) is 6.45. The first kappa shape index (κ1) is 13.7. The normalized spacial score (nSPS) is 11.1. The quantitative estimate of drug-likeness (QED) is 0.705. The topological polar surface area (TPSA) is 55.6 Å². The lowest BCUT2D eigenvalue weighted by molar-refractivity contribution is 0.674. The minimum atomic E-state index is 0.641. The van der Waals surface area contributed by atoms with Gasteiger partial charge in [0.15, 0.2) is 0 Å². The molecule has 0 bridgehead atoms. The van der Waals surface area contributed by atoms with Crippen LogP contribution in [-0.2, 0) is 13.1 Å². The summed E-state index contributed by atoms with van der Waals surface area (Å²) in [5, 5.41) is 4.64. The molecule has 0 atom stereocenters. The van der Waals surface area contributed by atoms with Crippen LogP contribution in [0.4, 0.5) is 0 Å². The summed E-state index contributed by atoms with van der Waals surface area (Å²) in [6.07, 6.45) is 8.65. The van der Waals surface area contributed by atoms with Gasteiger partial charge in [0, 0.05) is 36.7 Å². The fourth-order valence-corrected chi connectivity index (χ4v) is 2.42. The molecule has 21 heavy (non-hydrogen) atoms. The van der Waals surface area contributed by atoms with Gasteiger partial charge < -0.3 is 9.88 Å². The molecular formula is C16H19N5. The summed E-state index contributed by atoms with van der Waals surface area (Å²) in [5.41, 5.74) is 2.25. The summed E-state index contributed by atoms with van der Waals surface area (Å²) in [7, 11) is 0. The first-order valence-corrected chi connectivity index (χ1v) is 7.28. The number of nitrogens with zero attached hydrogens (tertiary/aromatic N) is 4. The predicted molar refractivity (Wildman–Crippen MR) is 82.9 cm³/mol. The van der Waals surface area contributed by atoms with E-state index in [-0.39, 0.29) is 0 Å². The van der Waals surface area contributed by atoms with Crippen molar-refractivity contribution in [3.63, 3.8) is 0 Å². The molecule has 5 nitrogen and oxygen atoms in total. The van der Waals surface area contributed by atoms with Crippen LogP contribution in [0.25, 0.3) is 11.0 Å². The molecule has 108 valence electrons. The maximum Gasteiger partial charge on any atom is 0.147 e. The van der Waals surface area contributed by atoms with E-state index in [1.54, 1.807) is 12.4 Å². The minimum absolute atomic E-state index is 0.641. The van der Waals surface area contributed by atoms with Gasteiger partial charge in [-0.05, 0) is 36.7 Å². The lowest BCUT2D eigenvalue weighted by Crippen LogP contribution is -2.13. The summed E-state index contributed by atoms with van der Waals surface area (Å²) < 4.78 is 2.12. The third-order valence-corrected chi connectivity index (χ3v) is 3.39. The van der Waals surface area contributed by atoms with Gasteiger partial charge in [-0.1, -0.05) is 6.92 Å². The van der Waals surface area contributed by atoms with Gasteiger partial charge in [0.1, 0.15) is 11.5 Å². The molecule has 0 radical (unpaired) electrons. The molecule has 0 spiro atoms. The predicted octanol–water partition coefficient (Wildman–Crippen LogP) is 2.37. The fourth-order valence-electron chi connectivity index (χ4n) is 2.42. The molecule has 0 fully saturated rings. The van der Waals surface area contributed by atoms with Crippen molar-refractivity contribution in [2.75, 3.05) is 6.54 Å². The molecule has 0 unspecified atom stereocenters. The Morgan fingerprint density at radius 3 is 2.71 bits per heavy atom. The van der Waals surface area contributed by atoms with E-state index in [1.165, 1.54) is 10.9 Å². The van der Waals surface area contributed by atoms with Crippen LogP contribution in [0.15, 0.2) is 43.0 Å². The lowest BCUT2D eigenvalue weighted by Gasteiger charge is -2.02. The van der Waals surface area contributed by atoms with Gasteiger partial charge in [0.25, 0.3) is 0 Å². The molecule has 3 aromatic rings. The van der Waals surface area contributed by atoms with Gasteiger partial charge in [0.05, 0.1) is 6.54 Å². The Morgan fingerprint density at radius 2 is 1.90 bits per heavy atom. The SMILES string of the molecule is CCCNCc1cn(Cc2ncccn2)c2ncccc12. The molecule has 3 rings (SSSR count). The van der Waals surface area contributed by atoms with E-state index in [2.05, 4.69) is 44.0 Å². The van der Waals surface area contributed by atoms with E-state index in [9.17, 15) is 0 Å². The number of fused-ring (bicyclic) bond motifs is 1. The second-order valence-corrected chi connectivity index (χ2v) is 5.00. The molecule has 0 saturated carbocycles. The van der Waals surface area contributed by atoms with Crippen LogP contribution in [0.2, 0.25) is 0 Å². The summed E-state index contributed by atoms with van der Waals surface area (Å²) in [5.74, 6) is 0.799. The zero-order chi connectivity index (χ0) is 14.5. The Balaban J connectivity index is 1.91. The largest absolute Gasteiger partial charge is 0.325 e. The first-order valence-electron chi connectivity index (χ1n) is 7.28. The molecule has 1 N–H and O–H groups in total. The van der Waals surface area contributed by atoms with Crippen LogP contribution >= 0.6 is 0 Å². The first-order chi connectivity index (χ1) is 10.4. The van der Waals surface area contributed by atoms with Crippen molar-refractivity contribution >= 4 is 11.0 Å². The van der Waals surface area contributed by atoms with E-state index in [0.29, 0.717) is 6.54 Å². The van der Waals surface area contributed by atoms with Gasteiger partial charge in [0.2, 0.25) is 0 Å². The molecule has 5 heteroatoms. The highest BCUT2D eigenvalue weighted by molar-refractivity contribution is 5.80. The molecule has 0 aromatic carbocycles. The highest BCUT2D eigenvalue weighted by Gasteiger charge is 2.10. The van der Waals surface area contributed by atoms with Gasteiger partial charge in [-0.3, -0.25) is 0 Å². The number of aromatic nitrogens is 4. The molecule has 0 aliphatic rings. The highest BCUT2D eigenvalue weighted by Crippen LogP contribution is 2.19. The number of hydrogen-bond donors (Lipinski definition) is 1. The van der Waals surface area contributed by atoms with Crippen LogP contribution in [-0.4, -0.2) is 26.1 Å². The monoisotopic (exact) mass is 281 g/mol. The van der Waals surface area contributed by atoms with Crippen molar-refractivity contribution in [2.45, 2.75) is 26.4 Å². The Morgan fingerprint density at radius 1 is 1.10 bits per heavy atom. The van der Waals surface area contributed by atoms with Gasteiger partial charge in [-0.15, -0.1) is 0 Å². The van der Waals surface area contributed by atoms with E-state index in [0.717, 1.165) is 31.0 Å². The molecule has 0 saturated heterocycles. The van der Waals surface area contributed by atoms with Gasteiger partial charge in [-0.25, -0.2) is 15.0 Å². The Hall–Kier alpha value is -2.27. The van der Waals surface area contributed by atoms with Crippen LogP contribution in [0, 0.1) is 0 Å². The average molecular weight is 281 g/mol.